The van der Waals surface area contributed by atoms with Crippen LogP contribution in [0.3, 0.4) is 0 Å². The van der Waals surface area contributed by atoms with Crippen LogP contribution < -0.4 is 20.3 Å². The van der Waals surface area contributed by atoms with Crippen LogP contribution in [0.1, 0.15) is 31.0 Å². The Bertz CT molecular complexity index is 1770. The minimum absolute atomic E-state index is 0.0895. The lowest BCUT2D eigenvalue weighted by atomic mass is 10.1. The predicted molar refractivity (Wildman–Crippen MR) is 168 cm³/mol. The van der Waals surface area contributed by atoms with Crippen molar-refractivity contribution in [3.8, 4) is 22.1 Å². The molecule has 2 N–H and O–H groups in total. The average Bonchev–Trinajstić information content (AvgIpc) is 3.68. The highest BCUT2D eigenvalue weighted by molar-refractivity contribution is 7.19. The van der Waals surface area contributed by atoms with Gasteiger partial charge in [-0.25, -0.2) is 14.8 Å². The first-order chi connectivity index (χ1) is 21.6. The number of carbonyl (C=O) groups excluding carboxylic acids is 2. The first-order valence-corrected chi connectivity index (χ1v) is 14.6. The molecular weight excluding hydrogens is 605 g/mol. The van der Waals surface area contributed by atoms with Gasteiger partial charge >= 0.3 is 12.2 Å². The van der Waals surface area contributed by atoms with E-state index >= 15 is 0 Å². The zero-order chi connectivity index (χ0) is 32.0. The van der Waals surface area contributed by atoms with Crippen molar-refractivity contribution >= 4 is 45.4 Å². The van der Waals surface area contributed by atoms with Crippen molar-refractivity contribution in [2.45, 2.75) is 25.9 Å². The van der Waals surface area contributed by atoms with E-state index in [0.717, 1.165) is 22.9 Å². The number of ether oxygens (including phenoxy) is 1. The lowest BCUT2D eigenvalue weighted by molar-refractivity contribution is -0.137. The first kappa shape index (κ1) is 31.1. The maximum absolute atomic E-state index is 13.4. The molecule has 5 rings (SSSR count). The molecule has 1 aliphatic rings. The van der Waals surface area contributed by atoms with Crippen LogP contribution in [0.25, 0.3) is 16.0 Å². The zero-order valence-corrected chi connectivity index (χ0v) is 24.8. The van der Waals surface area contributed by atoms with E-state index in [1.54, 1.807) is 60.5 Å². The van der Waals surface area contributed by atoms with E-state index in [1.165, 1.54) is 23.6 Å². The van der Waals surface area contributed by atoms with Gasteiger partial charge in [0.05, 0.1) is 33.7 Å². The summed E-state index contributed by atoms with van der Waals surface area (Å²) in [4.78, 5) is 40.0. The molecule has 1 aliphatic heterocycles. The number of pyridine rings is 2. The number of halogens is 3. The van der Waals surface area contributed by atoms with Crippen molar-refractivity contribution in [2.75, 3.05) is 22.1 Å². The lowest BCUT2D eigenvalue weighted by Gasteiger charge is -2.15. The van der Waals surface area contributed by atoms with Crippen molar-refractivity contribution in [1.29, 1.82) is 0 Å². The van der Waals surface area contributed by atoms with Gasteiger partial charge in [0.25, 0.3) is 0 Å². The lowest BCUT2D eigenvalue weighted by Crippen LogP contribution is -2.23. The Balaban J connectivity index is 1.22. The summed E-state index contributed by atoms with van der Waals surface area (Å²) in [6.07, 6.45) is 6.95. The maximum atomic E-state index is 13.4. The number of urea groups is 1. The monoisotopic (exact) mass is 632 g/mol. The van der Waals surface area contributed by atoms with Crippen molar-refractivity contribution < 1.29 is 27.5 Å². The largest absolute Gasteiger partial charge is 0.439 e. The van der Waals surface area contributed by atoms with Crippen LogP contribution in [-0.4, -0.2) is 33.4 Å². The van der Waals surface area contributed by atoms with Gasteiger partial charge in [0.1, 0.15) is 5.75 Å². The van der Waals surface area contributed by atoms with Crippen molar-refractivity contribution in [3.05, 3.63) is 103 Å². The second kappa shape index (κ2) is 13.6. The van der Waals surface area contributed by atoms with Crippen molar-refractivity contribution in [1.82, 2.24) is 15.0 Å². The number of aromatic nitrogens is 3. The van der Waals surface area contributed by atoms with E-state index < -0.39 is 17.8 Å². The molecule has 0 saturated carbocycles. The molecule has 0 bridgehead atoms. The second-order valence-corrected chi connectivity index (χ2v) is 10.7. The number of rotatable bonds is 9. The van der Waals surface area contributed by atoms with Crippen molar-refractivity contribution in [3.63, 3.8) is 0 Å². The number of allylic oxidation sites excluding steroid dienone is 5. The van der Waals surface area contributed by atoms with Crippen LogP contribution in [-0.2, 0) is 11.0 Å². The quantitative estimate of drug-likeness (QED) is 0.180. The molecule has 0 aliphatic carbocycles. The third kappa shape index (κ3) is 7.62. The van der Waals surface area contributed by atoms with Gasteiger partial charge in [0.15, 0.2) is 5.13 Å². The van der Waals surface area contributed by atoms with E-state index in [4.69, 9.17) is 4.74 Å². The zero-order valence-electron chi connectivity index (χ0n) is 24.0. The van der Waals surface area contributed by atoms with Gasteiger partial charge < -0.3 is 15.4 Å². The van der Waals surface area contributed by atoms with Gasteiger partial charge in [-0.15, -0.1) is 0 Å². The minimum Gasteiger partial charge on any atom is -0.439 e. The number of nitrogens with one attached hydrogen (secondary N) is 2. The summed E-state index contributed by atoms with van der Waals surface area (Å²) < 4.78 is 46.0. The van der Waals surface area contributed by atoms with E-state index in [0.29, 0.717) is 35.6 Å². The molecule has 3 aromatic heterocycles. The van der Waals surface area contributed by atoms with Gasteiger partial charge in [0.2, 0.25) is 11.8 Å². The third-order valence-electron chi connectivity index (χ3n) is 6.61. The summed E-state index contributed by atoms with van der Waals surface area (Å²) in [5.74, 6) is 0.878. The molecule has 230 valence electrons. The number of hydrogen-bond donors (Lipinski definition) is 2. The number of amides is 3. The Morgan fingerprint density at radius 3 is 2.51 bits per heavy atom. The molecule has 1 fully saturated rings. The fraction of sp³-hybridized carbons (Fsp3) is 0.156. The highest BCUT2D eigenvalue weighted by atomic mass is 32.1. The van der Waals surface area contributed by atoms with Crippen LogP contribution in [0.2, 0.25) is 0 Å². The van der Waals surface area contributed by atoms with Crippen LogP contribution in [0.4, 0.5) is 34.5 Å². The van der Waals surface area contributed by atoms with Crippen LogP contribution in [0, 0.1) is 0 Å². The summed E-state index contributed by atoms with van der Waals surface area (Å²) >= 11 is 1.45. The van der Waals surface area contributed by atoms with E-state index in [-0.39, 0.29) is 28.9 Å². The summed E-state index contributed by atoms with van der Waals surface area (Å²) in [5.41, 5.74) is 0.728. The highest BCUT2D eigenvalue weighted by Gasteiger charge is 2.32. The Morgan fingerprint density at radius 2 is 1.87 bits per heavy atom. The smallest absolute Gasteiger partial charge is 0.417 e. The highest BCUT2D eigenvalue weighted by Crippen LogP contribution is 2.35. The van der Waals surface area contributed by atoms with Crippen LogP contribution in [0.15, 0.2) is 91.9 Å². The fourth-order valence-electron chi connectivity index (χ4n) is 4.41. The standard InChI is InChI=1S/C32H27F3N6O3S/c1-3-5-7-20(4-2)29-25(16-22(17-37-29)32(33,34)35)40-30(43)39-23-11-14-27(36-18-23)44-24-12-9-21(10-13-24)26-19-38-31(45-26)41-15-6-8-28(41)42/h3-5,7,9-14,16-19H,1,6,8,15H2,2H3,(H2,39,40,43)/b7-5-,20-4+. The topological polar surface area (TPSA) is 109 Å². The molecule has 45 heavy (non-hydrogen) atoms. The predicted octanol–water partition coefficient (Wildman–Crippen LogP) is 8.33. The summed E-state index contributed by atoms with van der Waals surface area (Å²) in [7, 11) is 0. The molecule has 13 heteroatoms. The second-order valence-electron chi connectivity index (χ2n) is 9.70. The Labute approximate surface area is 260 Å². The average molecular weight is 633 g/mol. The first-order valence-electron chi connectivity index (χ1n) is 13.8. The number of benzene rings is 1. The summed E-state index contributed by atoms with van der Waals surface area (Å²) in [6.45, 7) is 5.98. The van der Waals surface area contributed by atoms with E-state index in [1.807, 2.05) is 12.1 Å². The molecule has 1 saturated heterocycles. The molecule has 0 spiro atoms. The van der Waals surface area contributed by atoms with E-state index in [2.05, 4.69) is 32.2 Å². The molecule has 4 aromatic rings. The molecule has 3 amide bonds. The minimum atomic E-state index is -4.65. The van der Waals surface area contributed by atoms with Gasteiger partial charge in [-0.2, -0.15) is 13.2 Å². The van der Waals surface area contributed by atoms with E-state index in [9.17, 15) is 22.8 Å². The maximum Gasteiger partial charge on any atom is 0.417 e. The number of nitrogens with zero attached hydrogens (tertiary/aromatic N) is 4. The van der Waals surface area contributed by atoms with Crippen LogP contribution >= 0.6 is 11.3 Å². The van der Waals surface area contributed by atoms with Gasteiger partial charge in [-0.3, -0.25) is 14.7 Å². The number of hydrogen-bond acceptors (Lipinski definition) is 7. The molecule has 4 heterocycles. The SMILES string of the molecule is C=C/C=C\C(=C/C)c1ncc(C(F)(F)F)cc1NC(=O)Nc1ccc(Oc2ccc(-c3cnc(N4CCCC4=O)s3)cc2)nc1. The number of carbonyl (C=O) groups is 2. The Morgan fingerprint density at radius 1 is 1.07 bits per heavy atom. The van der Waals surface area contributed by atoms with Gasteiger partial charge in [-0.1, -0.05) is 42.2 Å². The van der Waals surface area contributed by atoms with Gasteiger partial charge in [0, 0.05) is 31.4 Å². The van der Waals surface area contributed by atoms with Crippen molar-refractivity contribution in [2.24, 2.45) is 0 Å². The molecule has 1 aromatic carbocycles. The number of anilines is 3. The van der Waals surface area contributed by atoms with Crippen LogP contribution in [0.5, 0.6) is 11.6 Å². The Kier molecular flexibility index (Phi) is 9.38. The molecule has 0 atom stereocenters. The fourth-order valence-corrected chi connectivity index (χ4v) is 5.37. The molecule has 0 radical (unpaired) electrons. The van der Waals surface area contributed by atoms with Gasteiger partial charge in [-0.05, 0) is 60.9 Å². The third-order valence-corrected chi connectivity index (χ3v) is 7.68. The molecule has 0 unspecified atom stereocenters. The summed E-state index contributed by atoms with van der Waals surface area (Å²) in [5, 5.41) is 5.71. The summed E-state index contributed by atoms with van der Waals surface area (Å²) in [6, 6.07) is 10.4. The Hall–Kier alpha value is -5.30. The molecule has 9 nitrogen and oxygen atoms in total. The number of alkyl halides is 3. The normalized spacial score (nSPS) is 13.7. The molecular formula is C32H27F3N6O3S. The number of thiazole rings is 1.